The van der Waals surface area contributed by atoms with Crippen molar-refractivity contribution < 1.29 is 0 Å². The topological polar surface area (TPSA) is 56.7 Å². The molecule has 0 aromatic carbocycles. The van der Waals surface area contributed by atoms with Gasteiger partial charge in [-0.2, -0.15) is 0 Å². The van der Waals surface area contributed by atoms with Crippen LogP contribution in [0.15, 0.2) is 0 Å². The SMILES string of the molecule is CCC(CN)c1nnc2n1CCCCC2. The molecule has 1 aromatic heterocycles. The third-order valence-corrected chi connectivity index (χ3v) is 3.28. The highest BCUT2D eigenvalue weighted by molar-refractivity contribution is 5.03. The Hall–Kier alpha value is -0.900. The number of hydrogen-bond donors (Lipinski definition) is 1. The monoisotopic (exact) mass is 208 g/mol. The molecule has 2 rings (SSSR count). The summed E-state index contributed by atoms with van der Waals surface area (Å²) in [6, 6.07) is 0. The molecule has 0 saturated heterocycles. The number of aromatic nitrogens is 3. The van der Waals surface area contributed by atoms with Gasteiger partial charge in [-0.25, -0.2) is 0 Å². The number of aryl methyl sites for hydroxylation is 1. The van der Waals surface area contributed by atoms with Crippen molar-refractivity contribution in [1.29, 1.82) is 0 Å². The molecule has 0 spiro atoms. The lowest BCUT2D eigenvalue weighted by Gasteiger charge is -2.13. The van der Waals surface area contributed by atoms with Crippen molar-refractivity contribution in [1.82, 2.24) is 14.8 Å². The van der Waals surface area contributed by atoms with Crippen molar-refractivity contribution >= 4 is 0 Å². The fraction of sp³-hybridized carbons (Fsp3) is 0.818. The lowest BCUT2D eigenvalue weighted by atomic mass is 10.1. The van der Waals surface area contributed by atoms with E-state index in [0.29, 0.717) is 12.5 Å². The lowest BCUT2D eigenvalue weighted by molar-refractivity contribution is 0.547. The average molecular weight is 208 g/mol. The molecule has 0 radical (unpaired) electrons. The molecule has 2 N–H and O–H groups in total. The van der Waals surface area contributed by atoms with Gasteiger partial charge in [0.2, 0.25) is 0 Å². The third-order valence-electron chi connectivity index (χ3n) is 3.28. The third kappa shape index (κ3) is 2.04. The van der Waals surface area contributed by atoms with Gasteiger partial charge in [0, 0.05) is 25.4 Å². The normalized spacial score (nSPS) is 18.3. The van der Waals surface area contributed by atoms with E-state index in [1.165, 1.54) is 19.3 Å². The van der Waals surface area contributed by atoms with Crippen LogP contribution in [0.1, 0.15) is 50.2 Å². The zero-order chi connectivity index (χ0) is 10.7. The van der Waals surface area contributed by atoms with Crippen LogP contribution in [0.5, 0.6) is 0 Å². The Balaban J connectivity index is 2.28. The molecular weight excluding hydrogens is 188 g/mol. The molecule has 4 heteroatoms. The van der Waals surface area contributed by atoms with Gasteiger partial charge in [-0.3, -0.25) is 0 Å². The molecule has 0 fully saturated rings. The van der Waals surface area contributed by atoms with Gasteiger partial charge in [0.25, 0.3) is 0 Å². The van der Waals surface area contributed by atoms with Gasteiger partial charge in [0.05, 0.1) is 0 Å². The Bertz CT molecular complexity index is 314. The van der Waals surface area contributed by atoms with Crippen LogP contribution in [-0.4, -0.2) is 21.3 Å². The van der Waals surface area contributed by atoms with Crippen molar-refractivity contribution in [2.75, 3.05) is 6.54 Å². The Morgan fingerprint density at radius 3 is 2.93 bits per heavy atom. The van der Waals surface area contributed by atoms with Crippen LogP contribution in [0.25, 0.3) is 0 Å². The zero-order valence-corrected chi connectivity index (χ0v) is 9.45. The number of nitrogens with two attached hydrogens (primary N) is 1. The Labute approximate surface area is 90.9 Å². The molecule has 0 amide bonds. The van der Waals surface area contributed by atoms with Gasteiger partial charge in [0.15, 0.2) is 0 Å². The minimum Gasteiger partial charge on any atom is -0.330 e. The molecule has 84 valence electrons. The molecule has 0 aliphatic carbocycles. The van der Waals surface area contributed by atoms with E-state index < -0.39 is 0 Å². The number of nitrogens with zero attached hydrogens (tertiary/aromatic N) is 3. The highest BCUT2D eigenvalue weighted by Gasteiger charge is 2.19. The highest BCUT2D eigenvalue weighted by atomic mass is 15.3. The van der Waals surface area contributed by atoms with Gasteiger partial charge in [-0.05, 0) is 19.3 Å². The van der Waals surface area contributed by atoms with Crippen LogP contribution < -0.4 is 5.73 Å². The van der Waals surface area contributed by atoms with E-state index in [0.717, 1.165) is 31.0 Å². The number of rotatable bonds is 3. The average Bonchev–Trinajstić information content (AvgIpc) is 2.51. The van der Waals surface area contributed by atoms with E-state index >= 15 is 0 Å². The molecule has 4 nitrogen and oxygen atoms in total. The molecule has 0 saturated carbocycles. The van der Waals surface area contributed by atoms with Gasteiger partial charge in [-0.15, -0.1) is 10.2 Å². The molecule has 1 aliphatic rings. The summed E-state index contributed by atoms with van der Waals surface area (Å²) < 4.78 is 2.30. The van der Waals surface area contributed by atoms with Crippen LogP contribution >= 0.6 is 0 Å². The predicted octanol–water partition coefficient (Wildman–Crippen LogP) is 1.46. The van der Waals surface area contributed by atoms with Crippen molar-refractivity contribution in [2.45, 2.75) is 51.5 Å². The molecule has 1 aliphatic heterocycles. The van der Waals surface area contributed by atoms with Crippen molar-refractivity contribution in [3.05, 3.63) is 11.6 Å². The van der Waals surface area contributed by atoms with Gasteiger partial charge < -0.3 is 10.3 Å². The number of fused-ring (bicyclic) bond motifs is 1. The second-order valence-electron chi connectivity index (χ2n) is 4.28. The van der Waals surface area contributed by atoms with Gasteiger partial charge in [0.1, 0.15) is 11.6 Å². The smallest absolute Gasteiger partial charge is 0.137 e. The van der Waals surface area contributed by atoms with E-state index in [1.54, 1.807) is 0 Å². The summed E-state index contributed by atoms with van der Waals surface area (Å²) in [5, 5.41) is 8.61. The fourth-order valence-corrected chi connectivity index (χ4v) is 2.26. The first-order valence-corrected chi connectivity index (χ1v) is 5.98. The summed E-state index contributed by atoms with van der Waals surface area (Å²) in [4.78, 5) is 0. The van der Waals surface area contributed by atoms with Gasteiger partial charge >= 0.3 is 0 Å². The summed E-state index contributed by atoms with van der Waals surface area (Å²) in [5.41, 5.74) is 5.77. The Morgan fingerprint density at radius 2 is 2.20 bits per heavy atom. The summed E-state index contributed by atoms with van der Waals surface area (Å²) in [5.74, 6) is 2.65. The Morgan fingerprint density at radius 1 is 1.33 bits per heavy atom. The maximum atomic E-state index is 5.77. The summed E-state index contributed by atoms with van der Waals surface area (Å²) >= 11 is 0. The second kappa shape index (κ2) is 4.75. The minimum absolute atomic E-state index is 0.379. The maximum Gasteiger partial charge on any atom is 0.137 e. The van der Waals surface area contributed by atoms with Crippen molar-refractivity contribution in [3.63, 3.8) is 0 Å². The predicted molar refractivity (Wildman–Crippen MR) is 59.7 cm³/mol. The van der Waals surface area contributed by atoms with E-state index in [2.05, 4.69) is 21.7 Å². The Kier molecular flexibility index (Phi) is 3.36. The van der Waals surface area contributed by atoms with Crippen LogP contribution in [0.2, 0.25) is 0 Å². The van der Waals surface area contributed by atoms with Crippen LogP contribution in [-0.2, 0) is 13.0 Å². The van der Waals surface area contributed by atoms with E-state index in [1.807, 2.05) is 0 Å². The minimum atomic E-state index is 0.379. The lowest BCUT2D eigenvalue weighted by Crippen LogP contribution is -2.17. The first-order chi connectivity index (χ1) is 7.36. The molecular formula is C11H20N4. The highest BCUT2D eigenvalue weighted by Crippen LogP contribution is 2.21. The molecule has 15 heavy (non-hydrogen) atoms. The molecule has 1 atom stereocenters. The summed E-state index contributed by atoms with van der Waals surface area (Å²) in [7, 11) is 0. The summed E-state index contributed by atoms with van der Waals surface area (Å²) in [6.07, 6.45) is 5.93. The second-order valence-corrected chi connectivity index (χ2v) is 4.28. The molecule has 2 heterocycles. The van der Waals surface area contributed by atoms with E-state index in [-0.39, 0.29) is 0 Å². The fourth-order valence-electron chi connectivity index (χ4n) is 2.26. The quantitative estimate of drug-likeness (QED) is 0.818. The van der Waals surface area contributed by atoms with Crippen LogP contribution in [0, 0.1) is 0 Å². The number of hydrogen-bond acceptors (Lipinski definition) is 3. The zero-order valence-electron chi connectivity index (χ0n) is 9.45. The molecule has 1 aromatic rings. The maximum absolute atomic E-state index is 5.77. The first-order valence-electron chi connectivity index (χ1n) is 5.98. The van der Waals surface area contributed by atoms with E-state index in [4.69, 9.17) is 5.73 Å². The van der Waals surface area contributed by atoms with Crippen LogP contribution in [0.3, 0.4) is 0 Å². The molecule has 0 bridgehead atoms. The van der Waals surface area contributed by atoms with E-state index in [9.17, 15) is 0 Å². The van der Waals surface area contributed by atoms with Crippen molar-refractivity contribution in [2.24, 2.45) is 5.73 Å². The van der Waals surface area contributed by atoms with Gasteiger partial charge in [-0.1, -0.05) is 13.3 Å². The largest absolute Gasteiger partial charge is 0.330 e. The van der Waals surface area contributed by atoms with Crippen molar-refractivity contribution in [3.8, 4) is 0 Å². The van der Waals surface area contributed by atoms with Crippen LogP contribution in [0.4, 0.5) is 0 Å². The molecule has 1 unspecified atom stereocenters. The summed E-state index contributed by atoms with van der Waals surface area (Å²) in [6.45, 7) is 3.92. The first kappa shape index (κ1) is 10.6. The standard InChI is InChI=1S/C11H20N4/c1-2-9(8-12)11-14-13-10-6-4-3-5-7-15(10)11/h9H,2-8,12H2,1H3.